The first-order chi connectivity index (χ1) is 9.86. The van der Waals surface area contributed by atoms with Gasteiger partial charge in [-0.3, -0.25) is 4.79 Å². The number of amides is 1. The van der Waals surface area contributed by atoms with Gasteiger partial charge in [-0.05, 0) is 25.3 Å². The summed E-state index contributed by atoms with van der Waals surface area (Å²) in [4.78, 5) is 12.3. The molecular weight excluding hydrogens is 316 g/mol. The minimum absolute atomic E-state index is 0.0407. The predicted octanol–water partition coefficient (Wildman–Crippen LogP) is 1.91. The van der Waals surface area contributed by atoms with E-state index >= 15 is 0 Å². The molecular formula is C13H19ClN2O4S. The highest BCUT2D eigenvalue weighted by Gasteiger charge is 2.30. The fourth-order valence-electron chi connectivity index (χ4n) is 2.15. The molecule has 0 spiro atoms. The van der Waals surface area contributed by atoms with Crippen molar-refractivity contribution in [3.05, 3.63) is 18.0 Å². The summed E-state index contributed by atoms with van der Waals surface area (Å²) < 4.78 is 29.6. The molecule has 0 radical (unpaired) electrons. The van der Waals surface area contributed by atoms with E-state index in [4.69, 9.17) is 15.4 Å². The summed E-state index contributed by atoms with van der Waals surface area (Å²) in [7, 11) is 3.09. The van der Waals surface area contributed by atoms with E-state index < -0.39 is 9.05 Å². The molecule has 1 fully saturated rings. The minimum Gasteiger partial charge on any atom is -0.383 e. The number of rotatable bonds is 7. The second kappa shape index (κ2) is 6.37. The van der Waals surface area contributed by atoms with Gasteiger partial charge < -0.3 is 14.6 Å². The minimum atomic E-state index is -3.84. The Bertz CT molecular complexity index is 622. The van der Waals surface area contributed by atoms with Crippen LogP contribution >= 0.6 is 10.7 Å². The first-order valence-electron chi connectivity index (χ1n) is 6.83. The smallest absolute Gasteiger partial charge is 0.268 e. The highest BCUT2D eigenvalue weighted by Crippen LogP contribution is 2.37. The number of halogens is 1. The van der Waals surface area contributed by atoms with Gasteiger partial charge in [0.1, 0.15) is 10.6 Å². The van der Waals surface area contributed by atoms with Crippen molar-refractivity contribution < 1.29 is 17.9 Å². The Labute approximate surface area is 128 Å². The first kappa shape index (κ1) is 16.3. The van der Waals surface area contributed by atoms with Gasteiger partial charge in [0, 0.05) is 30.0 Å². The molecule has 0 aromatic carbocycles. The number of carbonyl (C=O) groups is 1. The molecule has 0 aliphatic heterocycles. The van der Waals surface area contributed by atoms with Crippen molar-refractivity contribution in [3.63, 3.8) is 0 Å². The van der Waals surface area contributed by atoms with Crippen LogP contribution in [0.3, 0.4) is 0 Å². The van der Waals surface area contributed by atoms with E-state index in [2.05, 4.69) is 5.32 Å². The first-order valence-corrected chi connectivity index (χ1v) is 9.14. The maximum atomic E-state index is 12.4. The van der Waals surface area contributed by atoms with E-state index in [9.17, 15) is 13.2 Å². The van der Waals surface area contributed by atoms with Gasteiger partial charge in [-0.15, -0.1) is 0 Å². The lowest BCUT2D eigenvalue weighted by Gasteiger charge is -2.16. The monoisotopic (exact) mass is 334 g/mol. The van der Waals surface area contributed by atoms with Gasteiger partial charge in [0.05, 0.1) is 12.6 Å². The van der Waals surface area contributed by atoms with Crippen molar-refractivity contribution in [1.82, 2.24) is 9.88 Å². The molecule has 1 amide bonds. The van der Waals surface area contributed by atoms with Crippen molar-refractivity contribution in [2.75, 3.05) is 13.7 Å². The summed E-state index contributed by atoms with van der Waals surface area (Å²) in [6.07, 6.45) is 4.04. The van der Waals surface area contributed by atoms with Gasteiger partial charge in [-0.2, -0.15) is 0 Å². The van der Waals surface area contributed by atoms with Crippen molar-refractivity contribution in [3.8, 4) is 0 Å². The molecule has 2 rings (SSSR count). The second-order valence-electron chi connectivity index (χ2n) is 5.17. The zero-order valence-electron chi connectivity index (χ0n) is 12.0. The third kappa shape index (κ3) is 3.99. The van der Waals surface area contributed by atoms with Crippen molar-refractivity contribution in [2.24, 2.45) is 0 Å². The molecule has 1 aliphatic carbocycles. The fourth-order valence-corrected chi connectivity index (χ4v) is 2.89. The Balaban J connectivity index is 2.25. The zero-order chi connectivity index (χ0) is 15.6. The highest BCUT2D eigenvalue weighted by molar-refractivity contribution is 8.13. The van der Waals surface area contributed by atoms with Crippen LogP contribution in [-0.2, 0) is 13.8 Å². The number of ether oxygens (including phenoxy) is 1. The Hall–Kier alpha value is -1.05. The third-order valence-corrected chi connectivity index (χ3v) is 4.79. The average Bonchev–Trinajstić information content (AvgIpc) is 3.14. The van der Waals surface area contributed by atoms with Crippen LogP contribution in [0.25, 0.3) is 0 Å². The Morgan fingerprint density at radius 3 is 2.71 bits per heavy atom. The number of nitrogens with zero attached hydrogens (tertiary/aromatic N) is 1. The number of carbonyl (C=O) groups excluding carboxylic acids is 1. The summed E-state index contributed by atoms with van der Waals surface area (Å²) in [5, 5.41) is 2.85. The SMILES string of the molecule is CCC(COC)NC(=O)c1cc(S(=O)(=O)Cl)cn1C1CC1. The quantitative estimate of drug-likeness (QED) is 0.773. The summed E-state index contributed by atoms with van der Waals surface area (Å²) in [5.74, 6) is -0.308. The van der Waals surface area contributed by atoms with Gasteiger partial charge in [0.15, 0.2) is 0 Å². The molecule has 0 saturated heterocycles. The Kier molecular flexibility index (Phi) is 4.95. The van der Waals surface area contributed by atoms with Gasteiger partial charge in [-0.1, -0.05) is 6.92 Å². The van der Waals surface area contributed by atoms with E-state index in [0.717, 1.165) is 19.3 Å². The highest BCUT2D eigenvalue weighted by atomic mass is 35.7. The van der Waals surface area contributed by atoms with Crippen LogP contribution in [-0.4, -0.2) is 38.7 Å². The molecule has 1 unspecified atom stereocenters. The molecule has 1 heterocycles. The number of methoxy groups -OCH3 is 1. The summed E-state index contributed by atoms with van der Waals surface area (Å²) in [6, 6.07) is 1.40. The number of nitrogens with one attached hydrogen (secondary N) is 1. The number of aromatic nitrogens is 1. The maximum absolute atomic E-state index is 12.4. The lowest BCUT2D eigenvalue weighted by Crippen LogP contribution is -2.38. The number of hydrogen-bond acceptors (Lipinski definition) is 4. The van der Waals surface area contributed by atoms with Gasteiger partial charge in [0.2, 0.25) is 0 Å². The van der Waals surface area contributed by atoms with Crippen LogP contribution in [0.5, 0.6) is 0 Å². The van der Waals surface area contributed by atoms with E-state index in [0.29, 0.717) is 12.3 Å². The molecule has 21 heavy (non-hydrogen) atoms. The Morgan fingerprint density at radius 2 is 2.24 bits per heavy atom. The van der Waals surface area contributed by atoms with E-state index in [1.54, 1.807) is 11.7 Å². The average molecular weight is 335 g/mol. The van der Waals surface area contributed by atoms with Crippen LogP contribution in [0.1, 0.15) is 42.7 Å². The van der Waals surface area contributed by atoms with Crippen LogP contribution in [0, 0.1) is 0 Å². The van der Waals surface area contributed by atoms with E-state index in [-0.39, 0.29) is 22.9 Å². The molecule has 1 atom stereocenters. The summed E-state index contributed by atoms with van der Waals surface area (Å²) in [5.41, 5.74) is 0.325. The maximum Gasteiger partial charge on any atom is 0.268 e. The van der Waals surface area contributed by atoms with Crippen molar-refractivity contribution >= 4 is 25.6 Å². The van der Waals surface area contributed by atoms with Gasteiger partial charge in [0.25, 0.3) is 15.0 Å². The number of hydrogen-bond donors (Lipinski definition) is 1. The molecule has 1 N–H and O–H groups in total. The van der Waals surface area contributed by atoms with Crippen LogP contribution in [0.2, 0.25) is 0 Å². The summed E-state index contributed by atoms with van der Waals surface area (Å²) >= 11 is 0. The lowest BCUT2D eigenvalue weighted by molar-refractivity contribution is 0.0885. The van der Waals surface area contributed by atoms with Crippen LogP contribution < -0.4 is 5.32 Å². The molecule has 1 aromatic rings. The summed E-state index contributed by atoms with van der Waals surface area (Å²) in [6.45, 7) is 2.35. The Morgan fingerprint density at radius 1 is 1.57 bits per heavy atom. The standard InChI is InChI=1S/C13H19ClN2O4S/c1-3-9(8-20-2)15-13(17)12-6-11(21(14,18)19)7-16(12)10-4-5-10/h6-7,9-10H,3-5,8H2,1-2H3,(H,15,17). The van der Waals surface area contributed by atoms with Crippen molar-refractivity contribution in [1.29, 1.82) is 0 Å². The molecule has 0 bridgehead atoms. The fraction of sp³-hybridized carbons (Fsp3) is 0.615. The van der Waals surface area contributed by atoms with Crippen molar-refractivity contribution in [2.45, 2.75) is 43.2 Å². The molecule has 1 saturated carbocycles. The normalized spacial score (nSPS) is 16.7. The second-order valence-corrected chi connectivity index (χ2v) is 7.74. The van der Waals surface area contributed by atoms with Gasteiger partial charge in [-0.25, -0.2) is 8.42 Å². The zero-order valence-corrected chi connectivity index (χ0v) is 13.6. The molecule has 1 aliphatic rings. The third-order valence-electron chi connectivity index (χ3n) is 3.47. The van der Waals surface area contributed by atoms with E-state index in [1.807, 2.05) is 6.92 Å². The predicted molar refractivity (Wildman–Crippen MR) is 79.2 cm³/mol. The molecule has 1 aromatic heterocycles. The van der Waals surface area contributed by atoms with Crippen LogP contribution in [0.15, 0.2) is 17.2 Å². The molecule has 118 valence electrons. The lowest BCUT2D eigenvalue weighted by atomic mass is 10.2. The largest absolute Gasteiger partial charge is 0.383 e. The van der Waals surface area contributed by atoms with E-state index in [1.165, 1.54) is 12.3 Å². The molecule has 6 nitrogen and oxygen atoms in total. The van der Waals surface area contributed by atoms with Gasteiger partial charge >= 0.3 is 0 Å². The topological polar surface area (TPSA) is 77.4 Å². The van der Waals surface area contributed by atoms with Crippen LogP contribution in [0.4, 0.5) is 0 Å². The molecule has 8 heteroatoms.